The maximum atomic E-state index is 11.6. The Kier molecular flexibility index (Phi) is 9.09. The van der Waals surface area contributed by atoms with E-state index in [0.29, 0.717) is 6.04 Å². The van der Waals surface area contributed by atoms with Crippen LogP contribution in [0.2, 0.25) is 0 Å². The Morgan fingerprint density at radius 1 is 1.35 bits per heavy atom. The molecule has 1 N–H and O–H groups in total. The average Bonchev–Trinajstić information content (AvgIpc) is 2.32. The summed E-state index contributed by atoms with van der Waals surface area (Å²) in [6.07, 6.45) is 1.83. The summed E-state index contributed by atoms with van der Waals surface area (Å²) in [7, 11) is 1.45. The van der Waals surface area contributed by atoms with Crippen LogP contribution >= 0.6 is 0 Å². The van der Waals surface area contributed by atoms with Gasteiger partial charge in [-0.05, 0) is 39.8 Å². The second-order valence-electron chi connectivity index (χ2n) is 4.54. The third-order valence-corrected chi connectivity index (χ3v) is 2.97. The topological polar surface area (TPSA) is 41.6 Å². The molecule has 0 aromatic rings. The van der Waals surface area contributed by atoms with Crippen molar-refractivity contribution < 1.29 is 9.53 Å². The number of hydrogen-bond acceptors (Lipinski definition) is 4. The quantitative estimate of drug-likeness (QED) is 0.626. The van der Waals surface area contributed by atoms with E-state index in [1.54, 1.807) is 0 Å². The van der Waals surface area contributed by atoms with Gasteiger partial charge in [0.1, 0.15) is 6.04 Å². The molecule has 0 aliphatic heterocycles. The van der Waals surface area contributed by atoms with E-state index in [1.807, 2.05) is 0 Å². The van der Waals surface area contributed by atoms with Gasteiger partial charge in [-0.15, -0.1) is 0 Å². The van der Waals surface area contributed by atoms with Gasteiger partial charge in [0.05, 0.1) is 7.11 Å². The smallest absolute Gasteiger partial charge is 0.322 e. The zero-order valence-corrected chi connectivity index (χ0v) is 12.0. The molecule has 1 atom stereocenters. The molecule has 1 unspecified atom stereocenters. The highest BCUT2D eigenvalue weighted by atomic mass is 16.5. The van der Waals surface area contributed by atoms with Crippen LogP contribution in [0, 0.1) is 0 Å². The van der Waals surface area contributed by atoms with Crippen LogP contribution in [0.5, 0.6) is 0 Å². The van der Waals surface area contributed by atoms with Gasteiger partial charge in [0.2, 0.25) is 0 Å². The number of nitrogens with one attached hydrogen (secondary N) is 1. The number of methoxy groups -OCH3 is 1. The summed E-state index contributed by atoms with van der Waals surface area (Å²) in [6, 6.07) is 0.345. The van der Waals surface area contributed by atoms with Crippen LogP contribution in [-0.2, 0) is 9.53 Å². The molecule has 0 aromatic carbocycles. The maximum Gasteiger partial charge on any atom is 0.322 e. The lowest BCUT2D eigenvalue weighted by Gasteiger charge is -2.26. The molecule has 17 heavy (non-hydrogen) atoms. The first-order chi connectivity index (χ1) is 8.06. The van der Waals surface area contributed by atoms with E-state index in [1.165, 1.54) is 7.11 Å². The van der Waals surface area contributed by atoms with E-state index in [9.17, 15) is 4.79 Å². The fraction of sp³-hybridized carbons (Fsp3) is 0.923. The molecule has 0 spiro atoms. The standard InChI is InChI=1S/C13H28N2O2/c1-6-9-14-12(13(16)17-5)8-10-15(7-2)11(3)4/h11-12,14H,6-10H2,1-5H3. The molecule has 0 rings (SSSR count). The van der Waals surface area contributed by atoms with Crippen molar-refractivity contribution in [3.63, 3.8) is 0 Å². The highest BCUT2D eigenvalue weighted by molar-refractivity contribution is 5.75. The maximum absolute atomic E-state index is 11.6. The minimum Gasteiger partial charge on any atom is -0.468 e. The Hall–Kier alpha value is -0.610. The Labute approximate surface area is 106 Å². The van der Waals surface area contributed by atoms with Gasteiger partial charge in [-0.3, -0.25) is 4.79 Å². The van der Waals surface area contributed by atoms with Gasteiger partial charge in [0.25, 0.3) is 0 Å². The zero-order valence-electron chi connectivity index (χ0n) is 12.0. The van der Waals surface area contributed by atoms with Crippen LogP contribution in [-0.4, -0.2) is 49.7 Å². The number of hydrogen-bond donors (Lipinski definition) is 1. The second-order valence-corrected chi connectivity index (χ2v) is 4.54. The van der Waals surface area contributed by atoms with Crippen molar-refractivity contribution in [1.29, 1.82) is 0 Å². The summed E-state index contributed by atoms with van der Waals surface area (Å²) >= 11 is 0. The van der Waals surface area contributed by atoms with Crippen molar-refractivity contribution in [3.8, 4) is 0 Å². The summed E-state index contributed by atoms with van der Waals surface area (Å²) < 4.78 is 4.82. The third-order valence-electron chi connectivity index (χ3n) is 2.97. The van der Waals surface area contributed by atoms with Gasteiger partial charge in [0.15, 0.2) is 0 Å². The van der Waals surface area contributed by atoms with Crippen molar-refractivity contribution in [2.45, 2.75) is 52.6 Å². The molecule has 0 bridgehead atoms. The lowest BCUT2D eigenvalue weighted by Crippen LogP contribution is -2.42. The van der Waals surface area contributed by atoms with Crippen LogP contribution < -0.4 is 5.32 Å². The monoisotopic (exact) mass is 244 g/mol. The lowest BCUT2D eigenvalue weighted by atomic mass is 10.1. The van der Waals surface area contributed by atoms with E-state index in [4.69, 9.17) is 4.74 Å². The van der Waals surface area contributed by atoms with Gasteiger partial charge < -0.3 is 15.0 Å². The van der Waals surface area contributed by atoms with Crippen LogP contribution in [0.15, 0.2) is 0 Å². The largest absolute Gasteiger partial charge is 0.468 e. The molecule has 0 radical (unpaired) electrons. The molecule has 0 fully saturated rings. The minimum absolute atomic E-state index is 0.154. The van der Waals surface area contributed by atoms with E-state index in [-0.39, 0.29) is 12.0 Å². The number of carbonyl (C=O) groups is 1. The van der Waals surface area contributed by atoms with Crippen molar-refractivity contribution in [3.05, 3.63) is 0 Å². The normalized spacial score (nSPS) is 13.1. The molecule has 0 amide bonds. The van der Waals surface area contributed by atoms with Crippen molar-refractivity contribution in [1.82, 2.24) is 10.2 Å². The van der Waals surface area contributed by atoms with Gasteiger partial charge in [-0.2, -0.15) is 0 Å². The van der Waals surface area contributed by atoms with E-state index in [2.05, 4.69) is 37.9 Å². The zero-order chi connectivity index (χ0) is 13.3. The molecule has 0 aliphatic carbocycles. The third kappa shape index (κ3) is 6.64. The van der Waals surface area contributed by atoms with Crippen LogP contribution in [0.4, 0.5) is 0 Å². The molecule has 0 saturated carbocycles. The van der Waals surface area contributed by atoms with E-state index < -0.39 is 0 Å². The number of nitrogens with zero attached hydrogens (tertiary/aromatic N) is 1. The van der Waals surface area contributed by atoms with Gasteiger partial charge in [-0.1, -0.05) is 13.8 Å². The fourth-order valence-electron chi connectivity index (χ4n) is 1.84. The van der Waals surface area contributed by atoms with Crippen LogP contribution in [0.1, 0.15) is 40.5 Å². The number of esters is 1. The van der Waals surface area contributed by atoms with Crippen molar-refractivity contribution in [2.75, 3.05) is 26.7 Å². The number of ether oxygens (including phenoxy) is 1. The summed E-state index contributed by atoms with van der Waals surface area (Å²) in [4.78, 5) is 13.9. The summed E-state index contributed by atoms with van der Waals surface area (Å²) in [5, 5.41) is 3.24. The predicted octanol–water partition coefficient (Wildman–Crippen LogP) is 1.65. The first-order valence-corrected chi connectivity index (χ1v) is 6.62. The molecule has 0 saturated heterocycles. The molecule has 0 heterocycles. The molecule has 0 aliphatic rings. The Balaban J connectivity index is 4.18. The fourth-order valence-corrected chi connectivity index (χ4v) is 1.84. The van der Waals surface area contributed by atoms with Crippen molar-refractivity contribution in [2.24, 2.45) is 0 Å². The van der Waals surface area contributed by atoms with Gasteiger partial charge in [-0.25, -0.2) is 0 Å². The highest BCUT2D eigenvalue weighted by Gasteiger charge is 2.19. The van der Waals surface area contributed by atoms with E-state index in [0.717, 1.165) is 32.5 Å². The van der Waals surface area contributed by atoms with E-state index >= 15 is 0 Å². The first kappa shape index (κ1) is 16.4. The Morgan fingerprint density at radius 3 is 2.41 bits per heavy atom. The minimum atomic E-state index is -0.173. The van der Waals surface area contributed by atoms with Crippen molar-refractivity contribution >= 4 is 5.97 Å². The van der Waals surface area contributed by atoms with Gasteiger partial charge >= 0.3 is 5.97 Å². The second kappa shape index (κ2) is 9.42. The molecular formula is C13H28N2O2. The Morgan fingerprint density at radius 2 is 2.00 bits per heavy atom. The molecule has 4 nitrogen and oxygen atoms in total. The molecule has 0 aromatic heterocycles. The highest BCUT2D eigenvalue weighted by Crippen LogP contribution is 2.03. The molecule has 4 heteroatoms. The van der Waals surface area contributed by atoms with Crippen LogP contribution in [0.3, 0.4) is 0 Å². The lowest BCUT2D eigenvalue weighted by molar-refractivity contribution is -0.143. The Bertz CT molecular complexity index is 208. The summed E-state index contributed by atoms with van der Waals surface area (Å²) in [5.74, 6) is -0.154. The molecular weight excluding hydrogens is 216 g/mol. The summed E-state index contributed by atoms with van der Waals surface area (Å²) in [5.41, 5.74) is 0. The number of carbonyl (C=O) groups excluding carboxylic acids is 1. The van der Waals surface area contributed by atoms with Gasteiger partial charge in [0, 0.05) is 12.6 Å². The SMILES string of the molecule is CCCNC(CCN(CC)C(C)C)C(=O)OC. The predicted molar refractivity (Wildman–Crippen MR) is 71.1 cm³/mol. The van der Waals surface area contributed by atoms with Crippen LogP contribution in [0.25, 0.3) is 0 Å². The average molecular weight is 244 g/mol. The number of rotatable bonds is 9. The summed E-state index contributed by atoms with van der Waals surface area (Å²) in [6.45, 7) is 11.4. The first-order valence-electron chi connectivity index (χ1n) is 6.62. The molecule has 102 valence electrons.